The van der Waals surface area contributed by atoms with Gasteiger partial charge in [0.05, 0.1) is 4.83 Å². The maximum atomic E-state index is 11.8. The van der Waals surface area contributed by atoms with Gasteiger partial charge in [0.25, 0.3) is 0 Å². The van der Waals surface area contributed by atoms with Gasteiger partial charge in [-0.2, -0.15) is 0 Å². The van der Waals surface area contributed by atoms with Crippen LogP contribution in [-0.4, -0.2) is 10.6 Å². The summed E-state index contributed by atoms with van der Waals surface area (Å²) < 4.78 is 0. The summed E-state index contributed by atoms with van der Waals surface area (Å²) in [5.41, 5.74) is 0.428. The minimum atomic E-state index is 0.129. The van der Waals surface area contributed by atoms with Crippen LogP contribution >= 0.6 is 15.9 Å². The van der Waals surface area contributed by atoms with Gasteiger partial charge in [-0.25, -0.2) is 0 Å². The van der Waals surface area contributed by atoms with E-state index in [0.717, 1.165) is 24.7 Å². The molecule has 0 aromatic carbocycles. The van der Waals surface area contributed by atoms with E-state index in [2.05, 4.69) is 36.7 Å². The van der Waals surface area contributed by atoms with Crippen LogP contribution < -0.4 is 0 Å². The molecule has 0 aliphatic heterocycles. The molecule has 2 saturated carbocycles. The molecule has 2 fully saturated rings. The highest BCUT2D eigenvalue weighted by Crippen LogP contribution is 2.56. The molecule has 0 spiro atoms. The Morgan fingerprint density at radius 3 is 2.73 bits per heavy atom. The van der Waals surface area contributed by atoms with Crippen LogP contribution in [0, 0.1) is 23.2 Å². The molecule has 0 bridgehead atoms. The summed E-state index contributed by atoms with van der Waals surface area (Å²) in [6.45, 7) is 7.00. The second-order valence-electron chi connectivity index (χ2n) is 6.05. The van der Waals surface area contributed by atoms with Gasteiger partial charge in [0.1, 0.15) is 5.78 Å². The fourth-order valence-corrected chi connectivity index (χ4v) is 4.64. The van der Waals surface area contributed by atoms with Gasteiger partial charge in [-0.05, 0) is 42.4 Å². The van der Waals surface area contributed by atoms with Crippen LogP contribution in [-0.2, 0) is 4.79 Å². The maximum Gasteiger partial charge on any atom is 0.146 e. The Bertz CT molecular complexity index is 274. The van der Waals surface area contributed by atoms with Crippen LogP contribution in [0.25, 0.3) is 0 Å². The Hall–Kier alpha value is 0.150. The quantitative estimate of drug-likeness (QED) is 0.664. The number of halogens is 1. The van der Waals surface area contributed by atoms with E-state index in [1.54, 1.807) is 0 Å². The Morgan fingerprint density at radius 2 is 2.13 bits per heavy atom. The van der Waals surface area contributed by atoms with Crippen molar-refractivity contribution in [2.24, 2.45) is 23.2 Å². The van der Waals surface area contributed by atoms with E-state index in [1.165, 1.54) is 12.8 Å². The van der Waals surface area contributed by atoms with Crippen LogP contribution in [0.15, 0.2) is 0 Å². The number of hydrogen-bond donors (Lipinski definition) is 0. The fourth-order valence-electron chi connectivity index (χ4n) is 3.72. The van der Waals surface area contributed by atoms with Crippen molar-refractivity contribution in [1.29, 1.82) is 0 Å². The summed E-state index contributed by atoms with van der Waals surface area (Å²) in [5, 5.41) is 0. The van der Waals surface area contributed by atoms with Gasteiger partial charge in [0.2, 0.25) is 0 Å². The minimum Gasteiger partial charge on any atom is -0.298 e. The molecule has 0 aromatic rings. The summed E-state index contributed by atoms with van der Waals surface area (Å²) in [7, 11) is 0. The molecule has 15 heavy (non-hydrogen) atoms. The zero-order chi connectivity index (χ0) is 11.2. The lowest BCUT2D eigenvalue weighted by molar-refractivity contribution is -0.124. The third kappa shape index (κ3) is 1.90. The van der Waals surface area contributed by atoms with E-state index < -0.39 is 0 Å². The van der Waals surface area contributed by atoms with Crippen molar-refractivity contribution in [2.75, 3.05) is 0 Å². The van der Waals surface area contributed by atoms with Gasteiger partial charge in [-0.3, -0.25) is 4.79 Å². The maximum absolute atomic E-state index is 11.8. The Kier molecular flexibility index (Phi) is 3.00. The molecule has 0 radical (unpaired) electrons. The first-order valence-electron chi connectivity index (χ1n) is 6.11. The van der Waals surface area contributed by atoms with Crippen molar-refractivity contribution in [2.45, 2.75) is 51.3 Å². The summed E-state index contributed by atoms with van der Waals surface area (Å²) in [6.07, 6.45) is 4.51. The number of alkyl halides is 1. The van der Waals surface area contributed by atoms with Crippen LogP contribution in [0.2, 0.25) is 0 Å². The number of Topliss-reactive ketones (excluding diaryl/α,β-unsaturated/α-hetero) is 1. The first-order valence-corrected chi connectivity index (χ1v) is 7.02. The molecular formula is C13H21BrO. The average Bonchev–Trinajstić information content (AvgIpc) is 2.43. The molecule has 2 aliphatic carbocycles. The standard InChI is InChI=1S/C13H21BrO/c1-8(2)9-4-5-13(3)7-11(14)12(15)6-10(9)13/h8-11H,4-7H2,1-3H3/t9-,10-,11-,13+/m0/s1. The second kappa shape index (κ2) is 3.87. The molecule has 0 amide bonds. The lowest BCUT2D eigenvalue weighted by Gasteiger charge is -2.40. The Morgan fingerprint density at radius 1 is 1.47 bits per heavy atom. The van der Waals surface area contributed by atoms with Crippen LogP contribution in [0.5, 0.6) is 0 Å². The number of carbonyl (C=O) groups excluding carboxylic acids is 1. The molecule has 2 heteroatoms. The predicted molar refractivity (Wildman–Crippen MR) is 66.1 cm³/mol. The van der Waals surface area contributed by atoms with Crippen molar-refractivity contribution in [3.05, 3.63) is 0 Å². The molecule has 86 valence electrons. The lowest BCUT2D eigenvalue weighted by atomic mass is 9.65. The summed E-state index contributed by atoms with van der Waals surface area (Å²) >= 11 is 3.53. The highest BCUT2D eigenvalue weighted by atomic mass is 79.9. The zero-order valence-electron chi connectivity index (χ0n) is 9.92. The van der Waals surface area contributed by atoms with Crippen LogP contribution in [0.1, 0.15) is 46.5 Å². The monoisotopic (exact) mass is 272 g/mol. The third-order valence-corrected chi connectivity index (χ3v) is 5.57. The number of fused-ring (bicyclic) bond motifs is 1. The fraction of sp³-hybridized carbons (Fsp3) is 0.923. The van der Waals surface area contributed by atoms with E-state index >= 15 is 0 Å². The highest BCUT2D eigenvalue weighted by molar-refractivity contribution is 9.10. The highest BCUT2D eigenvalue weighted by Gasteiger charge is 2.51. The van der Waals surface area contributed by atoms with Gasteiger partial charge in [-0.1, -0.05) is 36.7 Å². The van der Waals surface area contributed by atoms with E-state index in [0.29, 0.717) is 17.1 Å². The molecule has 2 aliphatic rings. The van der Waals surface area contributed by atoms with Gasteiger partial charge >= 0.3 is 0 Å². The van der Waals surface area contributed by atoms with Crippen LogP contribution in [0.3, 0.4) is 0 Å². The normalized spacial score (nSPS) is 45.9. The van der Waals surface area contributed by atoms with E-state index in [4.69, 9.17) is 0 Å². The zero-order valence-corrected chi connectivity index (χ0v) is 11.5. The number of carbonyl (C=O) groups is 1. The van der Waals surface area contributed by atoms with E-state index in [-0.39, 0.29) is 4.83 Å². The van der Waals surface area contributed by atoms with Crippen molar-refractivity contribution < 1.29 is 4.79 Å². The molecule has 0 N–H and O–H groups in total. The molecule has 4 atom stereocenters. The molecule has 0 aromatic heterocycles. The summed E-state index contributed by atoms with van der Waals surface area (Å²) in [6, 6.07) is 0. The summed E-state index contributed by atoms with van der Waals surface area (Å²) in [4.78, 5) is 11.9. The minimum absolute atomic E-state index is 0.129. The first-order chi connectivity index (χ1) is 6.94. The Labute approximate surface area is 101 Å². The van der Waals surface area contributed by atoms with Crippen LogP contribution in [0.4, 0.5) is 0 Å². The van der Waals surface area contributed by atoms with Crippen molar-refractivity contribution >= 4 is 21.7 Å². The van der Waals surface area contributed by atoms with Gasteiger partial charge in [0, 0.05) is 6.42 Å². The van der Waals surface area contributed by atoms with Gasteiger partial charge < -0.3 is 0 Å². The molecule has 0 saturated heterocycles. The number of ketones is 1. The molecule has 2 rings (SSSR count). The lowest BCUT2D eigenvalue weighted by Crippen LogP contribution is -2.39. The first kappa shape index (κ1) is 11.6. The smallest absolute Gasteiger partial charge is 0.146 e. The molecular weight excluding hydrogens is 252 g/mol. The Balaban J connectivity index is 2.20. The second-order valence-corrected chi connectivity index (χ2v) is 7.15. The SMILES string of the molecule is CC(C)[C@@H]1CC[C@]2(C)C[C@H](Br)C(=O)C[C@@H]12. The topological polar surface area (TPSA) is 17.1 Å². The molecule has 0 heterocycles. The van der Waals surface area contributed by atoms with Gasteiger partial charge in [0.15, 0.2) is 0 Å². The number of rotatable bonds is 1. The molecule has 1 nitrogen and oxygen atoms in total. The summed E-state index contributed by atoms with van der Waals surface area (Å²) in [5.74, 6) is 2.60. The van der Waals surface area contributed by atoms with Crippen molar-refractivity contribution in [3.8, 4) is 0 Å². The third-order valence-electron chi connectivity index (χ3n) is 4.73. The average molecular weight is 273 g/mol. The van der Waals surface area contributed by atoms with Crippen molar-refractivity contribution in [3.63, 3.8) is 0 Å². The van der Waals surface area contributed by atoms with E-state index in [1.807, 2.05) is 0 Å². The largest absolute Gasteiger partial charge is 0.298 e. The van der Waals surface area contributed by atoms with E-state index in [9.17, 15) is 4.79 Å². The number of hydrogen-bond acceptors (Lipinski definition) is 1. The van der Waals surface area contributed by atoms with Crippen molar-refractivity contribution in [1.82, 2.24) is 0 Å². The molecule has 0 unspecified atom stereocenters. The predicted octanol–water partition coefficient (Wildman–Crippen LogP) is 3.80. The van der Waals surface area contributed by atoms with Gasteiger partial charge in [-0.15, -0.1) is 0 Å².